The Morgan fingerprint density at radius 2 is 1.92 bits per heavy atom. The second-order valence-corrected chi connectivity index (χ2v) is 8.40. The van der Waals surface area contributed by atoms with Crippen LogP contribution in [0.4, 0.5) is 0 Å². The summed E-state index contributed by atoms with van der Waals surface area (Å²) in [7, 11) is 0. The number of carbonyl (C=O) groups is 1. The van der Waals surface area contributed by atoms with E-state index in [1.165, 1.54) is 24.2 Å². The zero-order valence-electron chi connectivity index (χ0n) is 14.7. The molecule has 4 rings (SSSR count). The highest BCUT2D eigenvalue weighted by molar-refractivity contribution is 7.14. The fourth-order valence-electron chi connectivity index (χ4n) is 3.45. The summed E-state index contributed by atoms with van der Waals surface area (Å²) in [5.74, 6) is 1.05. The van der Waals surface area contributed by atoms with Crippen molar-refractivity contribution < 1.29 is 4.79 Å². The lowest BCUT2D eigenvalue weighted by Gasteiger charge is -2.32. The van der Waals surface area contributed by atoms with E-state index in [2.05, 4.69) is 10.3 Å². The quantitative estimate of drug-likeness (QED) is 0.889. The number of thiazole rings is 1. The van der Waals surface area contributed by atoms with E-state index in [-0.39, 0.29) is 5.91 Å². The third kappa shape index (κ3) is 3.93. The van der Waals surface area contributed by atoms with Gasteiger partial charge in [0.15, 0.2) is 0 Å². The first-order chi connectivity index (χ1) is 12.2. The highest BCUT2D eigenvalue weighted by Gasteiger charge is 2.28. The van der Waals surface area contributed by atoms with E-state index in [0.717, 1.165) is 59.5 Å². The van der Waals surface area contributed by atoms with Crippen molar-refractivity contribution in [2.75, 3.05) is 19.6 Å². The number of nitrogens with zero attached hydrogens (tertiary/aromatic N) is 2. The number of hydrogen-bond acceptors (Lipinski definition) is 4. The molecule has 0 unspecified atom stereocenters. The third-order valence-electron chi connectivity index (χ3n) is 5.15. The number of rotatable bonds is 5. The van der Waals surface area contributed by atoms with E-state index in [9.17, 15) is 4.79 Å². The predicted molar refractivity (Wildman–Crippen MR) is 102 cm³/mol. The molecule has 1 aliphatic carbocycles. The number of likely N-dealkylation sites (tertiary alicyclic amines) is 1. The van der Waals surface area contributed by atoms with Gasteiger partial charge in [-0.25, -0.2) is 4.98 Å². The highest BCUT2D eigenvalue weighted by Crippen LogP contribution is 2.30. The molecule has 2 aliphatic rings. The summed E-state index contributed by atoms with van der Waals surface area (Å²) in [6.45, 7) is 4.81. The molecule has 5 heteroatoms. The number of hydrogen-bond donors (Lipinski definition) is 1. The van der Waals surface area contributed by atoms with Gasteiger partial charge in [0.2, 0.25) is 0 Å². The lowest BCUT2D eigenvalue weighted by Crippen LogP contribution is -2.45. The van der Waals surface area contributed by atoms with Crippen LogP contribution in [-0.2, 0) is 0 Å². The van der Waals surface area contributed by atoms with E-state index in [1.54, 1.807) is 0 Å². The Morgan fingerprint density at radius 1 is 1.20 bits per heavy atom. The van der Waals surface area contributed by atoms with Crippen LogP contribution in [0.5, 0.6) is 0 Å². The predicted octanol–water partition coefficient (Wildman–Crippen LogP) is 3.72. The number of carbonyl (C=O) groups excluding carboxylic acids is 1. The molecule has 1 aromatic heterocycles. The Kier molecular flexibility index (Phi) is 4.86. The highest BCUT2D eigenvalue weighted by atomic mass is 32.1. The molecule has 1 saturated carbocycles. The summed E-state index contributed by atoms with van der Waals surface area (Å²) in [6, 6.07) is 10.6. The normalized spacial score (nSPS) is 18.5. The van der Waals surface area contributed by atoms with Gasteiger partial charge >= 0.3 is 0 Å². The van der Waals surface area contributed by atoms with Crippen LogP contribution in [-0.4, -0.2) is 41.5 Å². The number of piperidine rings is 1. The smallest absolute Gasteiger partial charge is 0.266 e. The van der Waals surface area contributed by atoms with Gasteiger partial charge in [-0.05, 0) is 45.1 Å². The van der Waals surface area contributed by atoms with Gasteiger partial charge in [-0.15, -0.1) is 11.3 Å². The summed E-state index contributed by atoms with van der Waals surface area (Å²) >= 11 is 1.52. The molecule has 2 heterocycles. The Balaban J connectivity index is 1.43. The minimum Gasteiger partial charge on any atom is -0.338 e. The molecule has 1 aromatic carbocycles. The molecule has 2 aromatic rings. The zero-order valence-corrected chi connectivity index (χ0v) is 15.5. The number of aryl methyl sites for hydroxylation is 1. The molecule has 0 spiro atoms. The SMILES string of the molecule is Cc1nc(-c2ccccc2)c(C(=O)N2CCC(NCC3CC3)CC2)s1. The molecular formula is C20H25N3OS. The van der Waals surface area contributed by atoms with Gasteiger partial charge in [0.05, 0.1) is 10.7 Å². The Hall–Kier alpha value is -1.72. The first kappa shape index (κ1) is 16.7. The van der Waals surface area contributed by atoms with Crippen molar-refractivity contribution in [2.24, 2.45) is 5.92 Å². The van der Waals surface area contributed by atoms with E-state index in [1.807, 2.05) is 42.2 Å². The minimum absolute atomic E-state index is 0.144. The molecule has 132 valence electrons. The van der Waals surface area contributed by atoms with Crippen LogP contribution in [0.25, 0.3) is 11.3 Å². The molecule has 1 saturated heterocycles. The molecule has 2 fully saturated rings. The van der Waals surface area contributed by atoms with Crippen molar-refractivity contribution in [2.45, 2.75) is 38.6 Å². The second-order valence-electron chi connectivity index (χ2n) is 7.19. The molecular weight excluding hydrogens is 330 g/mol. The minimum atomic E-state index is 0.144. The fourth-order valence-corrected chi connectivity index (χ4v) is 4.36. The van der Waals surface area contributed by atoms with Gasteiger partial charge < -0.3 is 10.2 Å². The molecule has 1 amide bonds. The van der Waals surface area contributed by atoms with Crippen LogP contribution in [0.1, 0.15) is 40.4 Å². The van der Waals surface area contributed by atoms with E-state index >= 15 is 0 Å². The largest absolute Gasteiger partial charge is 0.338 e. The maximum Gasteiger partial charge on any atom is 0.266 e. The summed E-state index contributed by atoms with van der Waals surface area (Å²) in [5.41, 5.74) is 1.86. The van der Waals surface area contributed by atoms with Crippen LogP contribution in [0.2, 0.25) is 0 Å². The maximum atomic E-state index is 13.1. The molecule has 4 nitrogen and oxygen atoms in total. The van der Waals surface area contributed by atoms with E-state index in [0.29, 0.717) is 6.04 Å². The van der Waals surface area contributed by atoms with Crippen molar-refractivity contribution in [3.8, 4) is 11.3 Å². The number of aromatic nitrogens is 1. The van der Waals surface area contributed by atoms with Crippen LogP contribution in [0, 0.1) is 12.8 Å². The Labute approximate surface area is 153 Å². The third-order valence-corrected chi connectivity index (χ3v) is 6.11. The lowest BCUT2D eigenvalue weighted by molar-refractivity contribution is 0.0710. The number of nitrogens with one attached hydrogen (secondary N) is 1. The molecule has 0 radical (unpaired) electrons. The second kappa shape index (κ2) is 7.26. The Bertz CT molecular complexity index is 731. The lowest BCUT2D eigenvalue weighted by atomic mass is 10.0. The number of amides is 1. The monoisotopic (exact) mass is 355 g/mol. The summed E-state index contributed by atoms with van der Waals surface area (Å²) in [4.78, 5) is 20.5. The molecule has 1 N–H and O–H groups in total. The summed E-state index contributed by atoms with van der Waals surface area (Å²) in [5, 5.41) is 4.62. The van der Waals surface area contributed by atoms with Crippen LogP contribution < -0.4 is 5.32 Å². The molecule has 25 heavy (non-hydrogen) atoms. The average molecular weight is 356 g/mol. The fraction of sp³-hybridized carbons (Fsp3) is 0.500. The van der Waals surface area contributed by atoms with Gasteiger partial charge in [-0.3, -0.25) is 4.79 Å². The van der Waals surface area contributed by atoms with Crippen molar-refractivity contribution in [3.63, 3.8) is 0 Å². The summed E-state index contributed by atoms with van der Waals surface area (Å²) < 4.78 is 0. The number of benzene rings is 1. The van der Waals surface area contributed by atoms with Gasteiger partial charge in [-0.1, -0.05) is 30.3 Å². The standard InChI is InChI=1S/C20H25N3OS/c1-14-22-18(16-5-3-2-4-6-16)19(25-14)20(24)23-11-9-17(10-12-23)21-13-15-7-8-15/h2-6,15,17,21H,7-13H2,1H3. The van der Waals surface area contributed by atoms with Gasteiger partial charge in [-0.2, -0.15) is 0 Å². The van der Waals surface area contributed by atoms with Crippen LogP contribution in [0.3, 0.4) is 0 Å². The van der Waals surface area contributed by atoms with Gasteiger partial charge in [0, 0.05) is 24.7 Å². The molecule has 1 aliphatic heterocycles. The van der Waals surface area contributed by atoms with Crippen LogP contribution in [0.15, 0.2) is 30.3 Å². The first-order valence-corrected chi connectivity index (χ1v) is 10.1. The van der Waals surface area contributed by atoms with Crippen molar-refractivity contribution in [3.05, 3.63) is 40.2 Å². The zero-order chi connectivity index (χ0) is 17.2. The van der Waals surface area contributed by atoms with Gasteiger partial charge in [0.1, 0.15) is 4.88 Å². The first-order valence-electron chi connectivity index (χ1n) is 9.26. The Morgan fingerprint density at radius 3 is 2.60 bits per heavy atom. The molecule has 0 atom stereocenters. The average Bonchev–Trinajstić information content (AvgIpc) is 3.40. The van der Waals surface area contributed by atoms with Crippen molar-refractivity contribution in [1.82, 2.24) is 15.2 Å². The van der Waals surface area contributed by atoms with Crippen molar-refractivity contribution in [1.29, 1.82) is 0 Å². The molecule has 0 bridgehead atoms. The van der Waals surface area contributed by atoms with Gasteiger partial charge in [0.25, 0.3) is 5.91 Å². The van der Waals surface area contributed by atoms with E-state index < -0.39 is 0 Å². The topological polar surface area (TPSA) is 45.2 Å². The van der Waals surface area contributed by atoms with Crippen LogP contribution >= 0.6 is 11.3 Å². The summed E-state index contributed by atoms with van der Waals surface area (Å²) in [6.07, 6.45) is 4.88. The van der Waals surface area contributed by atoms with E-state index in [4.69, 9.17) is 0 Å². The van der Waals surface area contributed by atoms with Crippen molar-refractivity contribution >= 4 is 17.2 Å². The maximum absolute atomic E-state index is 13.1.